The summed E-state index contributed by atoms with van der Waals surface area (Å²) in [6, 6.07) is 0. The minimum Gasteiger partial charge on any atom is -0.481 e. The summed E-state index contributed by atoms with van der Waals surface area (Å²) >= 11 is 0. The summed E-state index contributed by atoms with van der Waals surface area (Å²) in [6.07, 6.45) is -0.249. The van der Waals surface area contributed by atoms with E-state index in [0.717, 1.165) is 0 Å². The lowest BCUT2D eigenvalue weighted by Crippen LogP contribution is -2.40. The maximum Gasteiger partial charge on any atom is 0.303 e. The molecule has 1 atom stereocenters. The first kappa shape index (κ1) is 12.4. The van der Waals surface area contributed by atoms with Gasteiger partial charge < -0.3 is 15.5 Å². The van der Waals surface area contributed by atoms with Gasteiger partial charge in [-0.1, -0.05) is 0 Å². The first-order chi connectivity index (χ1) is 5.81. The minimum absolute atomic E-state index is 0.0208. The Balaban J connectivity index is 3.52. The number of aliphatic carboxylic acids is 1. The number of nitrogens with one attached hydrogen (secondary N) is 1. The summed E-state index contributed by atoms with van der Waals surface area (Å²) in [5.41, 5.74) is -0.0375. The Kier molecular flexibility index (Phi) is 4.95. The Bertz CT molecular complexity index is 163. The smallest absolute Gasteiger partial charge is 0.303 e. The van der Waals surface area contributed by atoms with Gasteiger partial charge in [0.15, 0.2) is 0 Å². The van der Waals surface area contributed by atoms with Crippen molar-refractivity contribution >= 4 is 5.97 Å². The largest absolute Gasteiger partial charge is 0.481 e. The fourth-order valence-electron chi connectivity index (χ4n) is 0.816. The molecule has 0 aromatic heterocycles. The molecule has 0 bridgehead atoms. The molecule has 0 aliphatic carbocycles. The van der Waals surface area contributed by atoms with E-state index in [1.54, 1.807) is 0 Å². The predicted octanol–water partition coefficient (Wildman–Crippen LogP) is 0.600. The van der Waals surface area contributed by atoms with Gasteiger partial charge in [0.25, 0.3) is 0 Å². The van der Waals surface area contributed by atoms with Gasteiger partial charge in [0, 0.05) is 18.5 Å². The van der Waals surface area contributed by atoms with Gasteiger partial charge in [-0.2, -0.15) is 0 Å². The molecule has 0 saturated carbocycles. The number of rotatable bonds is 5. The third-order valence-electron chi connectivity index (χ3n) is 1.56. The second kappa shape index (κ2) is 5.19. The Morgan fingerprint density at radius 2 is 2.00 bits per heavy atom. The Morgan fingerprint density at radius 1 is 1.46 bits per heavy atom. The van der Waals surface area contributed by atoms with Crippen LogP contribution in [0.4, 0.5) is 0 Å². The highest BCUT2D eigenvalue weighted by molar-refractivity contribution is 5.66. The third kappa shape index (κ3) is 9.30. The van der Waals surface area contributed by atoms with Crippen LogP contribution < -0.4 is 5.32 Å². The number of aliphatic hydroxyl groups excluding tert-OH is 1. The van der Waals surface area contributed by atoms with Crippen LogP contribution in [-0.2, 0) is 4.79 Å². The van der Waals surface area contributed by atoms with Crippen LogP contribution >= 0.6 is 0 Å². The maximum atomic E-state index is 10.2. The van der Waals surface area contributed by atoms with Gasteiger partial charge in [-0.15, -0.1) is 0 Å². The summed E-state index contributed by atoms with van der Waals surface area (Å²) in [5.74, 6) is -0.866. The van der Waals surface area contributed by atoms with Gasteiger partial charge in [0.1, 0.15) is 0 Å². The highest BCUT2D eigenvalue weighted by Crippen LogP contribution is 2.01. The van der Waals surface area contributed by atoms with Crippen molar-refractivity contribution in [3.05, 3.63) is 0 Å². The van der Waals surface area contributed by atoms with Gasteiger partial charge in [-0.3, -0.25) is 4.79 Å². The van der Waals surface area contributed by atoms with Crippen molar-refractivity contribution in [1.29, 1.82) is 0 Å². The van der Waals surface area contributed by atoms with Crippen LogP contribution in [-0.4, -0.2) is 34.4 Å². The molecule has 0 aromatic carbocycles. The normalized spacial score (nSPS) is 14.2. The van der Waals surface area contributed by atoms with Gasteiger partial charge in [-0.05, 0) is 27.2 Å². The SMILES string of the molecule is CC(C)(C)NCC(O)CCC(=O)O. The average Bonchev–Trinajstić information content (AvgIpc) is 1.95. The fraction of sp³-hybridized carbons (Fsp3) is 0.889. The van der Waals surface area contributed by atoms with Crippen LogP contribution in [0.25, 0.3) is 0 Å². The molecule has 0 aliphatic rings. The van der Waals surface area contributed by atoms with E-state index < -0.39 is 12.1 Å². The topological polar surface area (TPSA) is 69.6 Å². The number of hydrogen-bond donors (Lipinski definition) is 3. The minimum atomic E-state index is -0.866. The van der Waals surface area contributed by atoms with Crippen LogP contribution in [0.2, 0.25) is 0 Å². The highest BCUT2D eigenvalue weighted by atomic mass is 16.4. The zero-order chi connectivity index (χ0) is 10.5. The summed E-state index contributed by atoms with van der Waals surface area (Å²) in [6.45, 7) is 6.43. The van der Waals surface area contributed by atoms with Gasteiger partial charge in [0.05, 0.1) is 6.10 Å². The second-order valence-electron chi connectivity index (χ2n) is 4.22. The number of carboxylic acid groups (broad SMARTS) is 1. The fourth-order valence-corrected chi connectivity index (χ4v) is 0.816. The van der Waals surface area contributed by atoms with Crippen LogP contribution in [0.15, 0.2) is 0 Å². The summed E-state index contributed by atoms with van der Waals surface area (Å²) in [5, 5.41) is 20.8. The third-order valence-corrected chi connectivity index (χ3v) is 1.56. The molecule has 4 heteroatoms. The van der Waals surface area contributed by atoms with Crippen molar-refractivity contribution in [3.8, 4) is 0 Å². The van der Waals surface area contributed by atoms with Crippen LogP contribution in [0.3, 0.4) is 0 Å². The molecule has 0 amide bonds. The molecule has 13 heavy (non-hydrogen) atoms. The quantitative estimate of drug-likeness (QED) is 0.592. The molecule has 1 unspecified atom stereocenters. The van der Waals surface area contributed by atoms with E-state index in [4.69, 9.17) is 5.11 Å². The number of β-amino-alcohol motifs (C(OH)–C–C–N with tert-alkyl or cyclic N) is 1. The summed E-state index contributed by atoms with van der Waals surface area (Å²) in [4.78, 5) is 10.2. The van der Waals surface area contributed by atoms with E-state index in [1.165, 1.54) is 0 Å². The molecule has 78 valence electrons. The zero-order valence-electron chi connectivity index (χ0n) is 8.50. The van der Waals surface area contributed by atoms with Crippen molar-refractivity contribution in [2.75, 3.05) is 6.54 Å². The van der Waals surface area contributed by atoms with Gasteiger partial charge in [-0.25, -0.2) is 0 Å². The van der Waals surface area contributed by atoms with E-state index in [0.29, 0.717) is 13.0 Å². The van der Waals surface area contributed by atoms with Crippen molar-refractivity contribution in [2.24, 2.45) is 0 Å². The lowest BCUT2D eigenvalue weighted by atomic mass is 10.1. The molecule has 0 spiro atoms. The Hall–Kier alpha value is -0.610. The lowest BCUT2D eigenvalue weighted by molar-refractivity contribution is -0.137. The zero-order valence-corrected chi connectivity index (χ0v) is 8.50. The Labute approximate surface area is 79.0 Å². The average molecular weight is 189 g/mol. The number of carbonyl (C=O) groups is 1. The summed E-state index contributed by atoms with van der Waals surface area (Å²) < 4.78 is 0. The van der Waals surface area contributed by atoms with Gasteiger partial charge in [0.2, 0.25) is 0 Å². The predicted molar refractivity (Wildman–Crippen MR) is 50.6 cm³/mol. The number of carboxylic acids is 1. The molecule has 3 N–H and O–H groups in total. The van der Waals surface area contributed by atoms with Crippen LogP contribution in [0, 0.1) is 0 Å². The highest BCUT2D eigenvalue weighted by Gasteiger charge is 2.12. The Morgan fingerprint density at radius 3 is 2.38 bits per heavy atom. The maximum absolute atomic E-state index is 10.2. The van der Waals surface area contributed by atoms with E-state index >= 15 is 0 Å². The molecule has 0 aliphatic heterocycles. The molecule has 0 fully saturated rings. The van der Waals surface area contributed by atoms with Crippen molar-refractivity contribution < 1.29 is 15.0 Å². The van der Waals surface area contributed by atoms with E-state index in [1.807, 2.05) is 20.8 Å². The molecular weight excluding hydrogens is 170 g/mol. The molecule has 0 rings (SSSR count). The van der Waals surface area contributed by atoms with Crippen LogP contribution in [0.5, 0.6) is 0 Å². The lowest BCUT2D eigenvalue weighted by Gasteiger charge is -2.22. The van der Waals surface area contributed by atoms with Crippen molar-refractivity contribution in [3.63, 3.8) is 0 Å². The number of aliphatic hydroxyl groups is 1. The van der Waals surface area contributed by atoms with Gasteiger partial charge >= 0.3 is 5.97 Å². The van der Waals surface area contributed by atoms with E-state index in [9.17, 15) is 9.90 Å². The molecule has 0 aromatic rings. The first-order valence-corrected chi connectivity index (χ1v) is 4.46. The molecule has 4 nitrogen and oxygen atoms in total. The van der Waals surface area contributed by atoms with E-state index in [-0.39, 0.29) is 12.0 Å². The molecule has 0 radical (unpaired) electrons. The van der Waals surface area contributed by atoms with Crippen LogP contribution in [0.1, 0.15) is 33.6 Å². The second-order valence-corrected chi connectivity index (χ2v) is 4.22. The van der Waals surface area contributed by atoms with Crippen molar-refractivity contribution in [1.82, 2.24) is 5.32 Å². The van der Waals surface area contributed by atoms with E-state index in [2.05, 4.69) is 5.32 Å². The number of hydrogen-bond acceptors (Lipinski definition) is 3. The standard InChI is InChI=1S/C9H19NO3/c1-9(2,3)10-6-7(11)4-5-8(12)13/h7,10-11H,4-6H2,1-3H3,(H,12,13). The van der Waals surface area contributed by atoms with Crippen molar-refractivity contribution in [2.45, 2.75) is 45.3 Å². The molecular formula is C9H19NO3. The monoisotopic (exact) mass is 189 g/mol. The molecule has 0 heterocycles. The summed E-state index contributed by atoms with van der Waals surface area (Å²) in [7, 11) is 0. The first-order valence-electron chi connectivity index (χ1n) is 4.46. The molecule has 0 saturated heterocycles.